The van der Waals surface area contributed by atoms with Gasteiger partial charge in [-0.05, 0) is 49.4 Å². The van der Waals surface area contributed by atoms with Crippen molar-refractivity contribution in [1.82, 2.24) is 0 Å². The number of carbonyl (C=O) groups is 1. The van der Waals surface area contributed by atoms with Crippen molar-refractivity contribution in [3.05, 3.63) is 48.0 Å². The molecule has 0 bridgehead atoms. The first-order valence-corrected chi connectivity index (χ1v) is 8.06. The van der Waals surface area contributed by atoms with Crippen molar-refractivity contribution in [3.63, 3.8) is 0 Å². The average Bonchev–Trinajstić information content (AvgIpc) is 2.47. The van der Waals surface area contributed by atoms with Crippen molar-refractivity contribution in [3.8, 4) is 0 Å². The maximum atomic E-state index is 12.6. The Balaban J connectivity index is 2.59. The molecule has 116 valence electrons. The van der Waals surface area contributed by atoms with Crippen LogP contribution in [-0.4, -0.2) is 26.0 Å². The van der Waals surface area contributed by atoms with Gasteiger partial charge in [-0.2, -0.15) is 0 Å². The van der Waals surface area contributed by atoms with Gasteiger partial charge in [0.25, 0.3) is 0 Å². The lowest BCUT2D eigenvalue weighted by molar-refractivity contribution is 0.0692. The third-order valence-corrected chi connectivity index (χ3v) is 4.90. The zero-order valence-corrected chi connectivity index (χ0v) is 12.7. The molecule has 2 aromatic rings. The van der Waals surface area contributed by atoms with E-state index in [0.717, 1.165) is 0 Å². The highest BCUT2D eigenvalue weighted by atomic mass is 32.2. The average molecular weight is 320 g/mol. The van der Waals surface area contributed by atoms with E-state index >= 15 is 0 Å². The molecule has 6 nitrogen and oxygen atoms in total. The zero-order valence-electron chi connectivity index (χ0n) is 11.9. The first-order chi connectivity index (χ1) is 10.4. The highest BCUT2D eigenvalue weighted by Gasteiger charge is 2.24. The summed E-state index contributed by atoms with van der Waals surface area (Å²) < 4.78 is 25.2. The number of nitrogen functional groups attached to an aromatic ring is 1. The first-order valence-electron chi connectivity index (χ1n) is 6.58. The number of anilines is 2. The van der Waals surface area contributed by atoms with E-state index in [0.29, 0.717) is 17.9 Å². The number of nitrogens with one attached hydrogen (secondary N) is 1. The Labute approximate surface area is 128 Å². The van der Waals surface area contributed by atoms with Crippen molar-refractivity contribution in [2.24, 2.45) is 0 Å². The second-order valence-corrected chi connectivity index (χ2v) is 6.54. The summed E-state index contributed by atoms with van der Waals surface area (Å²) in [6.45, 7) is 2.46. The Hall–Kier alpha value is -2.54. The van der Waals surface area contributed by atoms with Gasteiger partial charge in [-0.1, -0.05) is 0 Å². The Morgan fingerprint density at radius 1 is 1.18 bits per heavy atom. The largest absolute Gasteiger partial charge is 0.478 e. The van der Waals surface area contributed by atoms with Gasteiger partial charge in [0.15, 0.2) is 0 Å². The molecular formula is C15H16N2O4S. The molecule has 0 aliphatic rings. The normalized spacial score (nSPS) is 11.1. The number of carboxylic acid groups (broad SMARTS) is 1. The van der Waals surface area contributed by atoms with E-state index in [1.165, 1.54) is 36.4 Å². The Morgan fingerprint density at radius 3 is 2.36 bits per heavy atom. The van der Waals surface area contributed by atoms with Crippen LogP contribution in [-0.2, 0) is 9.84 Å². The lowest BCUT2D eigenvalue weighted by Gasteiger charge is -2.11. The van der Waals surface area contributed by atoms with Crippen LogP contribution in [0.4, 0.5) is 11.4 Å². The predicted molar refractivity (Wildman–Crippen MR) is 83.9 cm³/mol. The highest BCUT2D eigenvalue weighted by molar-refractivity contribution is 7.91. The summed E-state index contributed by atoms with van der Waals surface area (Å²) in [7, 11) is -3.93. The Kier molecular flexibility index (Phi) is 4.37. The van der Waals surface area contributed by atoms with E-state index < -0.39 is 15.8 Å². The van der Waals surface area contributed by atoms with Crippen LogP contribution >= 0.6 is 0 Å². The molecule has 7 heteroatoms. The predicted octanol–water partition coefficient (Wildman–Crippen LogP) is 2.23. The van der Waals surface area contributed by atoms with E-state index in [1.807, 2.05) is 6.92 Å². The summed E-state index contributed by atoms with van der Waals surface area (Å²) in [5.74, 6) is -1.30. The fourth-order valence-electron chi connectivity index (χ4n) is 2.02. The summed E-state index contributed by atoms with van der Waals surface area (Å²) in [4.78, 5) is 11.2. The van der Waals surface area contributed by atoms with Crippen LogP contribution in [0.1, 0.15) is 17.3 Å². The third kappa shape index (κ3) is 3.04. The van der Waals surface area contributed by atoms with Gasteiger partial charge >= 0.3 is 5.97 Å². The minimum Gasteiger partial charge on any atom is -0.478 e. The Morgan fingerprint density at radius 2 is 1.82 bits per heavy atom. The SMILES string of the molecule is CCNc1ccc(S(=O)(=O)c2ccc(N)cc2)c(C(=O)O)c1. The van der Waals surface area contributed by atoms with Crippen molar-refractivity contribution in [2.75, 3.05) is 17.6 Å². The number of rotatable bonds is 5. The van der Waals surface area contributed by atoms with Crippen LogP contribution in [0.5, 0.6) is 0 Å². The van der Waals surface area contributed by atoms with Crippen LogP contribution in [0.15, 0.2) is 52.3 Å². The Bertz CT molecular complexity index is 799. The first kappa shape index (κ1) is 15.8. The molecule has 0 saturated heterocycles. The van der Waals surface area contributed by atoms with Crippen LogP contribution in [0.25, 0.3) is 0 Å². The van der Waals surface area contributed by atoms with Gasteiger partial charge in [0.1, 0.15) is 0 Å². The number of sulfone groups is 1. The van der Waals surface area contributed by atoms with E-state index in [2.05, 4.69) is 5.32 Å². The molecule has 0 atom stereocenters. The van der Waals surface area contributed by atoms with Gasteiger partial charge in [-0.25, -0.2) is 13.2 Å². The van der Waals surface area contributed by atoms with Crippen molar-refractivity contribution in [2.45, 2.75) is 16.7 Å². The summed E-state index contributed by atoms with van der Waals surface area (Å²) >= 11 is 0. The quantitative estimate of drug-likeness (QED) is 0.729. The van der Waals surface area contributed by atoms with Crippen LogP contribution in [0, 0.1) is 0 Å². The smallest absolute Gasteiger partial charge is 0.337 e. The number of carboxylic acids is 1. The molecule has 0 spiro atoms. The summed E-state index contributed by atoms with van der Waals surface area (Å²) in [5, 5.41) is 12.3. The molecule has 2 aromatic carbocycles. The molecule has 0 unspecified atom stereocenters. The van der Waals surface area contributed by atoms with Crippen LogP contribution in [0.2, 0.25) is 0 Å². The topological polar surface area (TPSA) is 109 Å². The fourth-order valence-corrected chi connectivity index (χ4v) is 3.45. The molecule has 0 aromatic heterocycles. The lowest BCUT2D eigenvalue weighted by Crippen LogP contribution is -2.11. The second kappa shape index (κ2) is 6.07. The molecule has 22 heavy (non-hydrogen) atoms. The van der Waals surface area contributed by atoms with Gasteiger partial charge < -0.3 is 16.2 Å². The minimum absolute atomic E-state index is 0.000371. The zero-order chi connectivity index (χ0) is 16.3. The summed E-state index contributed by atoms with van der Waals surface area (Å²) in [6, 6.07) is 9.78. The second-order valence-electron chi connectivity index (χ2n) is 4.62. The van der Waals surface area contributed by atoms with Crippen LogP contribution in [0.3, 0.4) is 0 Å². The molecule has 0 aliphatic carbocycles. The summed E-state index contributed by atoms with van der Waals surface area (Å²) in [6.07, 6.45) is 0. The van der Waals surface area contributed by atoms with E-state index in [4.69, 9.17) is 5.73 Å². The van der Waals surface area contributed by atoms with Crippen LogP contribution < -0.4 is 11.1 Å². The van der Waals surface area contributed by atoms with Crippen molar-refractivity contribution >= 4 is 27.2 Å². The molecule has 0 fully saturated rings. The summed E-state index contributed by atoms with van der Waals surface area (Å²) in [5.41, 5.74) is 6.26. The van der Waals surface area contributed by atoms with Gasteiger partial charge in [-0.3, -0.25) is 0 Å². The fraction of sp³-hybridized carbons (Fsp3) is 0.133. The van der Waals surface area contributed by atoms with E-state index in [9.17, 15) is 18.3 Å². The molecule has 2 rings (SSSR count). The molecule has 0 radical (unpaired) electrons. The highest BCUT2D eigenvalue weighted by Crippen LogP contribution is 2.27. The maximum absolute atomic E-state index is 12.6. The van der Waals surface area contributed by atoms with Gasteiger partial charge in [0.2, 0.25) is 9.84 Å². The van der Waals surface area contributed by atoms with Crippen molar-refractivity contribution < 1.29 is 18.3 Å². The molecule has 0 aliphatic heterocycles. The number of hydrogen-bond acceptors (Lipinski definition) is 5. The van der Waals surface area contributed by atoms with E-state index in [-0.39, 0.29) is 15.4 Å². The van der Waals surface area contributed by atoms with E-state index in [1.54, 1.807) is 6.07 Å². The minimum atomic E-state index is -3.93. The number of nitrogens with two attached hydrogens (primary N) is 1. The maximum Gasteiger partial charge on any atom is 0.337 e. The molecule has 0 amide bonds. The van der Waals surface area contributed by atoms with Crippen molar-refractivity contribution in [1.29, 1.82) is 0 Å². The third-order valence-electron chi connectivity index (χ3n) is 3.07. The monoisotopic (exact) mass is 320 g/mol. The standard InChI is InChI=1S/C15H16N2O4S/c1-2-17-11-5-8-14(13(9-11)15(18)19)22(20,21)12-6-3-10(16)4-7-12/h3-9,17H,2,16H2,1H3,(H,18,19). The number of aromatic carboxylic acids is 1. The van der Waals surface area contributed by atoms with Gasteiger partial charge in [0.05, 0.1) is 15.4 Å². The number of hydrogen-bond donors (Lipinski definition) is 3. The molecule has 0 heterocycles. The molecular weight excluding hydrogens is 304 g/mol. The van der Waals surface area contributed by atoms with Gasteiger partial charge in [0, 0.05) is 17.9 Å². The van der Waals surface area contributed by atoms with Gasteiger partial charge in [-0.15, -0.1) is 0 Å². The number of benzene rings is 2. The lowest BCUT2D eigenvalue weighted by atomic mass is 10.2. The molecule has 4 N–H and O–H groups in total. The molecule has 0 saturated carbocycles.